The average molecular weight is 245 g/mol. The Morgan fingerprint density at radius 1 is 1.28 bits per heavy atom. The molecule has 18 heavy (non-hydrogen) atoms. The van der Waals surface area contributed by atoms with Crippen molar-refractivity contribution in [1.29, 1.82) is 0 Å². The van der Waals surface area contributed by atoms with Crippen LogP contribution in [0.3, 0.4) is 0 Å². The van der Waals surface area contributed by atoms with E-state index < -0.39 is 0 Å². The third-order valence-electron chi connectivity index (χ3n) is 4.15. The predicted octanol–water partition coefficient (Wildman–Crippen LogP) is 2.30. The predicted molar refractivity (Wildman–Crippen MR) is 69.5 cm³/mol. The van der Waals surface area contributed by atoms with Gasteiger partial charge < -0.3 is 9.51 Å². The van der Waals surface area contributed by atoms with Gasteiger partial charge in [-0.25, -0.2) is 4.98 Å². The maximum atomic E-state index is 9.19. The van der Waals surface area contributed by atoms with Crippen LogP contribution in [-0.2, 0) is 0 Å². The van der Waals surface area contributed by atoms with Crippen LogP contribution >= 0.6 is 0 Å². The monoisotopic (exact) mass is 245 g/mol. The first kappa shape index (κ1) is 11.7. The van der Waals surface area contributed by atoms with Crippen LogP contribution < -0.4 is 0 Å². The summed E-state index contributed by atoms with van der Waals surface area (Å²) in [5, 5.41) is 9.19. The molecule has 4 heteroatoms. The lowest BCUT2D eigenvalue weighted by Crippen LogP contribution is -2.17. The molecule has 1 saturated carbocycles. The molecule has 96 valence electrons. The molecule has 2 heterocycles. The van der Waals surface area contributed by atoms with E-state index in [1.807, 2.05) is 25.5 Å². The topological polar surface area (TPSA) is 50.4 Å². The van der Waals surface area contributed by atoms with E-state index in [1.165, 1.54) is 0 Å². The van der Waals surface area contributed by atoms with Crippen LogP contribution in [0.4, 0.5) is 0 Å². The molecule has 4 nitrogen and oxygen atoms in total. The Bertz CT molecular complexity index is 541. The van der Waals surface area contributed by atoms with Gasteiger partial charge in [0.2, 0.25) is 0 Å². The molecule has 1 aliphatic carbocycles. The number of rotatable bonds is 2. The van der Waals surface area contributed by atoms with Gasteiger partial charge in [-0.2, -0.15) is 0 Å². The lowest BCUT2D eigenvalue weighted by molar-refractivity contribution is 0.181. The fourth-order valence-corrected chi connectivity index (χ4v) is 2.98. The minimum atomic E-state index is 0.331. The number of nitrogens with zero attached hydrogens (tertiary/aromatic N) is 3. The molecular weight excluding hydrogens is 226 g/mol. The Labute approximate surface area is 107 Å². The molecule has 0 unspecified atom stereocenters. The standard InChI is InChI=1S/C14H19N3O/c1-10-13-8-16-14(17(13)7-6-15-10)12-4-2-11(9-18)3-5-12/h6-8,11-12,18H,2-5,9H2,1H3. The third kappa shape index (κ3) is 1.90. The maximum absolute atomic E-state index is 9.19. The molecular formula is C14H19N3O. The van der Waals surface area contributed by atoms with E-state index >= 15 is 0 Å². The van der Waals surface area contributed by atoms with Gasteiger partial charge >= 0.3 is 0 Å². The van der Waals surface area contributed by atoms with Crippen molar-refractivity contribution in [1.82, 2.24) is 14.4 Å². The quantitative estimate of drug-likeness (QED) is 0.883. The number of imidazole rings is 1. The number of aliphatic hydroxyl groups excluding tert-OH is 1. The van der Waals surface area contributed by atoms with Crippen molar-refractivity contribution < 1.29 is 5.11 Å². The summed E-state index contributed by atoms with van der Waals surface area (Å²) in [6, 6.07) is 0. The molecule has 0 radical (unpaired) electrons. The van der Waals surface area contributed by atoms with Crippen molar-refractivity contribution in [2.75, 3.05) is 6.61 Å². The molecule has 2 aromatic heterocycles. The van der Waals surface area contributed by atoms with Crippen molar-refractivity contribution in [3.63, 3.8) is 0 Å². The van der Waals surface area contributed by atoms with E-state index in [0.717, 1.165) is 42.7 Å². The molecule has 0 aromatic carbocycles. The van der Waals surface area contributed by atoms with Crippen molar-refractivity contribution in [2.45, 2.75) is 38.5 Å². The number of aromatic nitrogens is 3. The summed E-state index contributed by atoms with van der Waals surface area (Å²) in [6.07, 6.45) is 10.3. The van der Waals surface area contributed by atoms with E-state index in [1.54, 1.807) is 0 Å². The summed E-state index contributed by atoms with van der Waals surface area (Å²) in [4.78, 5) is 8.89. The SMILES string of the molecule is Cc1nccn2c(C3CCC(CO)CC3)ncc12. The maximum Gasteiger partial charge on any atom is 0.116 e. The molecule has 0 atom stereocenters. The number of aryl methyl sites for hydroxylation is 1. The van der Waals surface area contributed by atoms with Crippen LogP contribution in [0.5, 0.6) is 0 Å². The molecule has 1 aliphatic rings. The van der Waals surface area contributed by atoms with Crippen LogP contribution in [0.15, 0.2) is 18.6 Å². The second-order valence-corrected chi connectivity index (χ2v) is 5.28. The highest BCUT2D eigenvalue weighted by molar-refractivity contribution is 5.50. The molecule has 0 amide bonds. The van der Waals surface area contributed by atoms with Crippen molar-refractivity contribution in [3.05, 3.63) is 30.1 Å². The van der Waals surface area contributed by atoms with Gasteiger partial charge in [0.15, 0.2) is 0 Å². The van der Waals surface area contributed by atoms with E-state index in [-0.39, 0.29) is 0 Å². The summed E-state index contributed by atoms with van der Waals surface area (Å²) in [6.45, 7) is 2.35. The van der Waals surface area contributed by atoms with Gasteiger partial charge in [-0.15, -0.1) is 0 Å². The first-order valence-corrected chi connectivity index (χ1v) is 6.69. The highest BCUT2D eigenvalue weighted by Gasteiger charge is 2.24. The second-order valence-electron chi connectivity index (χ2n) is 5.28. The van der Waals surface area contributed by atoms with Crippen molar-refractivity contribution >= 4 is 5.52 Å². The number of hydrogen-bond acceptors (Lipinski definition) is 3. The molecule has 1 N–H and O–H groups in total. The first-order valence-electron chi connectivity index (χ1n) is 6.69. The Hall–Kier alpha value is -1.42. The average Bonchev–Trinajstić information content (AvgIpc) is 2.84. The first-order chi connectivity index (χ1) is 8.79. The molecule has 3 rings (SSSR count). The van der Waals surface area contributed by atoms with Crippen LogP contribution in [0.2, 0.25) is 0 Å². The smallest absolute Gasteiger partial charge is 0.116 e. The van der Waals surface area contributed by atoms with Gasteiger partial charge in [0, 0.05) is 24.9 Å². The highest BCUT2D eigenvalue weighted by atomic mass is 16.3. The van der Waals surface area contributed by atoms with Gasteiger partial charge in [0.05, 0.1) is 17.4 Å². The van der Waals surface area contributed by atoms with E-state index in [0.29, 0.717) is 18.4 Å². The highest BCUT2D eigenvalue weighted by Crippen LogP contribution is 2.35. The lowest BCUT2D eigenvalue weighted by atomic mass is 9.82. The van der Waals surface area contributed by atoms with Crippen LogP contribution in [0.25, 0.3) is 5.52 Å². The molecule has 0 aliphatic heterocycles. The normalized spacial score (nSPS) is 24.6. The van der Waals surface area contributed by atoms with Gasteiger partial charge in [0.1, 0.15) is 5.82 Å². The summed E-state index contributed by atoms with van der Waals surface area (Å²) in [7, 11) is 0. The molecule has 2 aromatic rings. The summed E-state index contributed by atoms with van der Waals surface area (Å²) in [5.74, 6) is 2.18. The van der Waals surface area contributed by atoms with Crippen LogP contribution in [0, 0.1) is 12.8 Å². The Morgan fingerprint density at radius 2 is 2.06 bits per heavy atom. The molecule has 0 saturated heterocycles. The summed E-state index contributed by atoms with van der Waals surface area (Å²) < 4.78 is 2.17. The van der Waals surface area contributed by atoms with Crippen molar-refractivity contribution in [3.8, 4) is 0 Å². The summed E-state index contributed by atoms with van der Waals surface area (Å²) in [5.41, 5.74) is 2.14. The van der Waals surface area contributed by atoms with Crippen LogP contribution in [0.1, 0.15) is 43.1 Å². The molecule has 0 spiro atoms. The van der Waals surface area contributed by atoms with Crippen LogP contribution in [-0.4, -0.2) is 26.1 Å². The fourth-order valence-electron chi connectivity index (χ4n) is 2.98. The Morgan fingerprint density at radius 3 is 2.78 bits per heavy atom. The van der Waals surface area contributed by atoms with Gasteiger partial charge in [-0.05, 0) is 38.5 Å². The minimum absolute atomic E-state index is 0.331. The second kappa shape index (κ2) is 4.69. The zero-order valence-electron chi connectivity index (χ0n) is 10.7. The fraction of sp³-hybridized carbons (Fsp3) is 0.571. The number of fused-ring (bicyclic) bond motifs is 1. The zero-order chi connectivity index (χ0) is 12.5. The third-order valence-corrected chi connectivity index (χ3v) is 4.15. The summed E-state index contributed by atoms with van der Waals surface area (Å²) >= 11 is 0. The van der Waals surface area contributed by atoms with Crippen molar-refractivity contribution in [2.24, 2.45) is 5.92 Å². The molecule has 1 fully saturated rings. The van der Waals surface area contributed by atoms with E-state index in [2.05, 4.69) is 14.4 Å². The number of hydrogen-bond donors (Lipinski definition) is 1. The number of aliphatic hydroxyl groups is 1. The van der Waals surface area contributed by atoms with E-state index in [9.17, 15) is 5.11 Å². The van der Waals surface area contributed by atoms with Gasteiger partial charge in [-0.1, -0.05) is 0 Å². The minimum Gasteiger partial charge on any atom is -0.396 e. The van der Waals surface area contributed by atoms with E-state index in [4.69, 9.17) is 0 Å². The van der Waals surface area contributed by atoms with Gasteiger partial charge in [0.25, 0.3) is 0 Å². The zero-order valence-corrected chi connectivity index (χ0v) is 10.7. The van der Waals surface area contributed by atoms with Gasteiger partial charge in [-0.3, -0.25) is 4.98 Å². The largest absolute Gasteiger partial charge is 0.396 e. The Balaban J connectivity index is 1.89. The Kier molecular flexibility index (Phi) is 3.04. The lowest BCUT2D eigenvalue weighted by Gasteiger charge is -2.26. The molecule has 0 bridgehead atoms.